The van der Waals surface area contributed by atoms with Crippen LogP contribution in [0.2, 0.25) is 0 Å². The minimum atomic E-state index is 0.329. The number of halogens is 1. The quantitative estimate of drug-likeness (QED) is 0.776. The van der Waals surface area contributed by atoms with E-state index < -0.39 is 0 Å². The van der Waals surface area contributed by atoms with Gasteiger partial charge in [0.15, 0.2) is 0 Å². The molecule has 0 bridgehead atoms. The minimum Gasteiger partial charge on any atom is -0.465 e. The average Bonchev–Trinajstić information content (AvgIpc) is 2.77. The number of hydrogen-bond donors (Lipinski definition) is 0. The van der Waals surface area contributed by atoms with Crippen molar-refractivity contribution in [3.63, 3.8) is 0 Å². The molecule has 1 fully saturated rings. The van der Waals surface area contributed by atoms with E-state index in [1.807, 2.05) is 0 Å². The topological polar surface area (TPSA) is 35.0 Å². The summed E-state index contributed by atoms with van der Waals surface area (Å²) >= 11 is 7.15. The summed E-state index contributed by atoms with van der Waals surface area (Å²) in [6.45, 7) is 2.23. The number of alkyl halides is 1. The molecule has 1 aliphatic rings. The third-order valence-electron chi connectivity index (χ3n) is 3.18. The van der Waals surface area contributed by atoms with E-state index in [0.29, 0.717) is 23.1 Å². The Bertz CT molecular complexity index is 332. The second-order valence-electron chi connectivity index (χ2n) is 4.20. The van der Waals surface area contributed by atoms with E-state index in [1.165, 1.54) is 37.0 Å². The molecule has 0 amide bonds. The van der Waals surface area contributed by atoms with Gasteiger partial charge in [0, 0.05) is 0 Å². The van der Waals surface area contributed by atoms with Gasteiger partial charge in [-0.15, -0.1) is 21.8 Å². The SMILES string of the molecule is CCC1CCCCC1Oc1nnc(CCl)s1. The van der Waals surface area contributed by atoms with E-state index in [9.17, 15) is 0 Å². The lowest BCUT2D eigenvalue weighted by molar-refractivity contribution is 0.0893. The molecule has 0 radical (unpaired) electrons. The summed E-state index contributed by atoms with van der Waals surface area (Å²) in [6, 6.07) is 0. The summed E-state index contributed by atoms with van der Waals surface area (Å²) in [7, 11) is 0. The zero-order valence-electron chi connectivity index (χ0n) is 9.49. The van der Waals surface area contributed by atoms with Crippen molar-refractivity contribution in [1.29, 1.82) is 0 Å². The Hall–Kier alpha value is -0.350. The third kappa shape index (κ3) is 2.86. The summed E-state index contributed by atoms with van der Waals surface area (Å²) < 4.78 is 5.93. The summed E-state index contributed by atoms with van der Waals surface area (Å²) in [5.41, 5.74) is 0. The molecule has 1 heterocycles. The molecule has 2 unspecified atom stereocenters. The fourth-order valence-electron chi connectivity index (χ4n) is 2.27. The molecule has 5 heteroatoms. The minimum absolute atomic E-state index is 0.329. The van der Waals surface area contributed by atoms with Crippen molar-refractivity contribution >= 4 is 22.9 Å². The van der Waals surface area contributed by atoms with Crippen LogP contribution in [0.15, 0.2) is 0 Å². The first-order valence-corrected chi connectivity index (χ1v) is 7.23. The lowest BCUT2D eigenvalue weighted by Crippen LogP contribution is -2.29. The van der Waals surface area contributed by atoms with Gasteiger partial charge in [-0.1, -0.05) is 24.7 Å². The highest BCUT2D eigenvalue weighted by atomic mass is 35.5. The Kier molecular flexibility index (Phi) is 4.41. The molecule has 0 N–H and O–H groups in total. The molecule has 1 aromatic rings. The number of hydrogen-bond acceptors (Lipinski definition) is 4. The van der Waals surface area contributed by atoms with Crippen LogP contribution in [0.5, 0.6) is 5.19 Å². The maximum Gasteiger partial charge on any atom is 0.294 e. The third-order valence-corrected chi connectivity index (χ3v) is 4.40. The van der Waals surface area contributed by atoms with Crippen molar-refractivity contribution in [2.45, 2.75) is 51.0 Å². The van der Waals surface area contributed by atoms with Gasteiger partial charge in [-0.2, -0.15) is 0 Å². The largest absolute Gasteiger partial charge is 0.465 e. The fraction of sp³-hybridized carbons (Fsp3) is 0.818. The van der Waals surface area contributed by atoms with E-state index in [0.717, 1.165) is 11.4 Å². The first-order chi connectivity index (χ1) is 7.83. The zero-order chi connectivity index (χ0) is 11.4. The molecule has 90 valence electrons. The molecule has 2 rings (SSSR count). The molecule has 1 saturated carbocycles. The highest BCUT2D eigenvalue weighted by Gasteiger charge is 2.26. The van der Waals surface area contributed by atoms with Crippen molar-refractivity contribution in [1.82, 2.24) is 10.2 Å². The molecule has 0 aromatic carbocycles. The lowest BCUT2D eigenvalue weighted by atomic mass is 9.85. The fourth-order valence-corrected chi connectivity index (χ4v) is 3.07. The predicted octanol–water partition coefficient (Wildman–Crippen LogP) is 3.62. The van der Waals surface area contributed by atoms with Crippen molar-refractivity contribution in [2.75, 3.05) is 0 Å². The second kappa shape index (κ2) is 5.82. The molecule has 0 saturated heterocycles. The Balaban J connectivity index is 1.96. The molecule has 0 spiro atoms. The molecular formula is C11H17ClN2OS. The van der Waals surface area contributed by atoms with E-state index in [4.69, 9.17) is 16.3 Å². The van der Waals surface area contributed by atoms with Crippen LogP contribution in [0, 0.1) is 5.92 Å². The van der Waals surface area contributed by atoms with Crippen LogP contribution >= 0.6 is 22.9 Å². The average molecular weight is 261 g/mol. The van der Waals surface area contributed by atoms with E-state index >= 15 is 0 Å². The molecular weight excluding hydrogens is 244 g/mol. The number of aromatic nitrogens is 2. The van der Waals surface area contributed by atoms with Gasteiger partial charge in [0.25, 0.3) is 5.19 Å². The van der Waals surface area contributed by atoms with Gasteiger partial charge in [-0.25, -0.2) is 0 Å². The summed E-state index contributed by atoms with van der Waals surface area (Å²) in [5, 5.41) is 9.49. The van der Waals surface area contributed by atoms with Gasteiger partial charge >= 0.3 is 0 Å². The van der Waals surface area contributed by atoms with E-state index in [2.05, 4.69) is 17.1 Å². The Morgan fingerprint density at radius 2 is 2.19 bits per heavy atom. The van der Waals surface area contributed by atoms with Gasteiger partial charge in [0.1, 0.15) is 11.1 Å². The van der Waals surface area contributed by atoms with Gasteiger partial charge < -0.3 is 4.74 Å². The molecule has 2 atom stereocenters. The molecule has 3 nitrogen and oxygen atoms in total. The van der Waals surface area contributed by atoms with Crippen molar-refractivity contribution in [3.05, 3.63) is 5.01 Å². The maximum absolute atomic E-state index is 5.93. The smallest absolute Gasteiger partial charge is 0.294 e. The Morgan fingerprint density at radius 3 is 2.88 bits per heavy atom. The predicted molar refractivity (Wildman–Crippen MR) is 66.1 cm³/mol. The van der Waals surface area contributed by atoms with Gasteiger partial charge in [-0.3, -0.25) is 0 Å². The highest BCUT2D eigenvalue weighted by Crippen LogP contribution is 2.31. The Labute approximate surface area is 105 Å². The van der Waals surface area contributed by atoms with E-state index in [-0.39, 0.29) is 0 Å². The van der Waals surface area contributed by atoms with E-state index in [1.54, 1.807) is 0 Å². The van der Waals surface area contributed by atoms with Crippen LogP contribution in [0.3, 0.4) is 0 Å². The lowest BCUT2D eigenvalue weighted by Gasteiger charge is -2.29. The van der Waals surface area contributed by atoms with Crippen LogP contribution in [-0.4, -0.2) is 16.3 Å². The number of rotatable bonds is 4. The monoisotopic (exact) mass is 260 g/mol. The van der Waals surface area contributed by atoms with Crippen LogP contribution in [0.4, 0.5) is 0 Å². The normalized spacial score (nSPS) is 25.6. The van der Waals surface area contributed by atoms with Crippen LogP contribution in [0.25, 0.3) is 0 Å². The first kappa shape index (κ1) is 12.1. The van der Waals surface area contributed by atoms with Crippen LogP contribution in [-0.2, 0) is 5.88 Å². The summed E-state index contributed by atoms with van der Waals surface area (Å²) in [4.78, 5) is 0. The van der Waals surface area contributed by atoms with Crippen molar-refractivity contribution < 1.29 is 4.74 Å². The number of nitrogens with zero attached hydrogens (tertiary/aromatic N) is 2. The second-order valence-corrected chi connectivity index (χ2v) is 5.50. The molecule has 1 aromatic heterocycles. The standard InChI is InChI=1S/C11H17ClN2OS/c1-2-8-5-3-4-6-9(8)15-11-14-13-10(7-12)16-11/h8-9H,2-7H2,1H3. The summed E-state index contributed by atoms with van der Waals surface area (Å²) in [5.74, 6) is 1.10. The summed E-state index contributed by atoms with van der Waals surface area (Å²) in [6.07, 6.45) is 6.54. The molecule has 16 heavy (non-hydrogen) atoms. The highest BCUT2D eigenvalue weighted by molar-refractivity contribution is 7.13. The van der Waals surface area contributed by atoms with Crippen molar-refractivity contribution in [3.8, 4) is 5.19 Å². The molecule has 0 aliphatic heterocycles. The Morgan fingerprint density at radius 1 is 1.38 bits per heavy atom. The van der Waals surface area contributed by atoms with Gasteiger partial charge in [0.2, 0.25) is 0 Å². The zero-order valence-corrected chi connectivity index (χ0v) is 11.1. The van der Waals surface area contributed by atoms with Crippen LogP contribution < -0.4 is 4.74 Å². The maximum atomic E-state index is 5.93. The first-order valence-electron chi connectivity index (χ1n) is 5.88. The van der Waals surface area contributed by atoms with Crippen molar-refractivity contribution in [2.24, 2.45) is 5.92 Å². The van der Waals surface area contributed by atoms with Gasteiger partial charge in [-0.05, 0) is 31.6 Å². The van der Waals surface area contributed by atoms with Crippen LogP contribution in [0.1, 0.15) is 44.0 Å². The van der Waals surface area contributed by atoms with Gasteiger partial charge in [0.05, 0.1) is 5.88 Å². The molecule has 1 aliphatic carbocycles. The number of ether oxygens (including phenoxy) is 1.